The third-order valence-electron chi connectivity index (χ3n) is 1.87. The highest BCUT2D eigenvalue weighted by Gasteiger charge is 2.19. The topological polar surface area (TPSA) is 85.1 Å². The van der Waals surface area contributed by atoms with E-state index in [1.807, 2.05) is 0 Å². The number of hydrogen-bond donors (Lipinski definition) is 2. The first kappa shape index (κ1) is 13.9. The van der Waals surface area contributed by atoms with Gasteiger partial charge in [0.1, 0.15) is 0 Å². The molecule has 0 saturated heterocycles. The summed E-state index contributed by atoms with van der Waals surface area (Å²) < 4.78 is 38.7. The lowest BCUT2D eigenvalue weighted by Crippen LogP contribution is -2.27. The SMILES string of the molecule is NC(=S)CCCNS(=O)(=O)c1ncccc1F. The van der Waals surface area contributed by atoms with E-state index in [9.17, 15) is 12.8 Å². The fraction of sp³-hybridized carbons (Fsp3) is 0.333. The molecule has 0 aliphatic carbocycles. The van der Waals surface area contributed by atoms with Gasteiger partial charge in [0.15, 0.2) is 5.82 Å². The molecule has 0 fully saturated rings. The van der Waals surface area contributed by atoms with Gasteiger partial charge in [-0.15, -0.1) is 0 Å². The Labute approximate surface area is 104 Å². The lowest BCUT2D eigenvalue weighted by atomic mass is 10.3. The second-order valence-corrected chi connectivity index (χ2v) is 5.46. The number of rotatable bonds is 6. The van der Waals surface area contributed by atoms with Gasteiger partial charge < -0.3 is 5.73 Å². The number of sulfonamides is 1. The predicted molar refractivity (Wildman–Crippen MR) is 65.4 cm³/mol. The number of pyridine rings is 1. The maximum absolute atomic E-state index is 13.2. The summed E-state index contributed by atoms with van der Waals surface area (Å²) in [5.41, 5.74) is 5.26. The normalized spacial score (nSPS) is 11.4. The smallest absolute Gasteiger partial charge is 0.261 e. The molecule has 1 rings (SSSR count). The van der Waals surface area contributed by atoms with Crippen molar-refractivity contribution in [3.8, 4) is 0 Å². The van der Waals surface area contributed by atoms with Gasteiger partial charge in [0.2, 0.25) is 5.03 Å². The van der Waals surface area contributed by atoms with Crippen LogP contribution in [0.25, 0.3) is 0 Å². The Bertz CT molecular complexity index is 505. The highest BCUT2D eigenvalue weighted by Crippen LogP contribution is 2.09. The summed E-state index contributed by atoms with van der Waals surface area (Å²) in [7, 11) is -3.91. The summed E-state index contributed by atoms with van der Waals surface area (Å²) in [4.78, 5) is 3.80. The summed E-state index contributed by atoms with van der Waals surface area (Å²) in [5.74, 6) is -0.880. The van der Waals surface area contributed by atoms with Crippen LogP contribution in [0.4, 0.5) is 4.39 Å². The monoisotopic (exact) mass is 277 g/mol. The van der Waals surface area contributed by atoms with E-state index in [0.29, 0.717) is 17.8 Å². The Hall–Kier alpha value is -1.12. The summed E-state index contributed by atoms with van der Waals surface area (Å²) in [6.07, 6.45) is 2.11. The first-order valence-electron chi connectivity index (χ1n) is 4.82. The molecule has 0 unspecified atom stereocenters. The molecule has 0 saturated carbocycles. The van der Waals surface area contributed by atoms with Gasteiger partial charge in [0.05, 0.1) is 4.99 Å². The van der Waals surface area contributed by atoms with Crippen LogP contribution in [-0.2, 0) is 10.0 Å². The number of nitrogens with one attached hydrogen (secondary N) is 1. The first-order chi connectivity index (χ1) is 7.93. The molecular weight excluding hydrogens is 265 g/mol. The van der Waals surface area contributed by atoms with Crippen molar-refractivity contribution in [2.75, 3.05) is 6.54 Å². The fourth-order valence-electron chi connectivity index (χ4n) is 1.11. The molecule has 0 amide bonds. The summed E-state index contributed by atoms with van der Waals surface area (Å²) in [5, 5.41) is -0.602. The minimum absolute atomic E-state index is 0.135. The minimum atomic E-state index is -3.91. The average Bonchev–Trinajstić information content (AvgIpc) is 2.24. The second kappa shape index (κ2) is 5.99. The van der Waals surface area contributed by atoms with Gasteiger partial charge in [0, 0.05) is 12.7 Å². The van der Waals surface area contributed by atoms with E-state index in [1.165, 1.54) is 12.3 Å². The number of hydrogen-bond acceptors (Lipinski definition) is 4. The average molecular weight is 277 g/mol. The molecule has 0 spiro atoms. The first-order valence-corrected chi connectivity index (χ1v) is 6.71. The van der Waals surface area contributed by atoms with Crippen LogP contribution in [0.15, 0.2) is 23.4 Å². The molecule has 0 aliphatic heterocycles. The van der Waals surface area contributed by atoms with Crippen molar-refractivity contribution in [2.24, 2.45) is 5.73 Å². The molecule has 8 heteroatoms. The van der Waals surface area contributed by atoms with Crippen LogP contribution >= 0.6 is 12.2 Å². The van der Waals surface area contributed by atoms with Crippen LogP contribution in [0.5, 0.6) is 0 Å². The van der Waals surface area contributed by atoms with Gasteiger partial charge in [-0.25, -0.2) is 22.5 Å². The number of nitrogens with two attached hydrogens (primary N) is 1. The van der Waals surface area contributed by atoms with Gasteiger partial charge in [0.25, 0.3) is 10.0 Å². The Morgan fingerprint density at radius 1 is 1.59 bits per heavy atom. The largest absolute Gasteiger partial charge is 0.393 e. The predicted octanol–water partition coefficient (Wildman–Crippen LogP) is 0.565. The molecule has 94 valence electrons. The Kier molecular flexibility index (Phi) is 4.91. The summed E-state index contributed by atoms with van der Waals surface area (Å²) in [6.45, 7) is 0.135. The van der Waals surface area contributed by atoms with Crippen molar-refractivity contribution in [1.82, 2.24) is 9.71 Å². The van der Waals surface area contributed by atoms with E-state index in [0.717, 1.165) is 6.07 Å². The molecule has 0 radical (unpaired) electrons. The Morgan fingerprint density at radius 2 is 2.29 bits per heavy atom. The van der Waals surface area contributed by atoms with E-state index < -0.39 is 20.9 Å². The molecule has 3 N–H and O–H groups in total. The zero-order valence-electron chi connectivity index (χ0n) is 8.89. The van der Waals surface area contributed by atoms with E-state index in [-0.39, 0.29) is 6.54 Å². The molecular formula is C9H12FN3O2S2. The van der Waals surface area contributed by atoms with Crippen LogP contribution < -0.4 is 10.5 Å². The zero-order valence-corrected chi connectivity index (χ0v) is 10.5. The van der Waals surface area contributed by atoms with E-state index in [2.05, 4.69) is 21.9 Å². The molecule has 0 aliphatic rings. The highest BCUT2D eigenvalue weighted by molar-refractivity contribution is 7.89. The van der Waals surface area contributed by atoms with Crippen molar-refractivity contribution < 1.29 is 12.8 Å². The Balaban J connectivity index is 2.64. The zero-order chi connectivity index (χ0) is 12.9. The van der Waals surface area contributed by atoms with Gasteiger partial charge in [-0.2, -0.15) is 0 Å². The lowest BCUT2D eigenvalue weighted by molar-refractivity contribution is 0.544. The van der Waals surface area contributed by atoms with E-state index in [1.54, 1.807) is 0 Å². The summed E-state index contributed by atoms with van der Waals surface area (Å²) >= 11 is 4.64. The minimum Gasteiger partial charge on any atom is -0.393 e. The van der Waals surface area contributed by atoms with Crippen molar-refractivity contribution in [3.63, 3.8) is 0 Å². The number of aromatic nitrogens is 1. The van der Waals surface area contributed by atoms with Crippen LogP contribution in [0.2, 0.25) is 0 Å². The van der Waals surface area contributed by atoms with Crippen LogP contribution in [0.3, 0.4) is 0 Å². The van der Waals surface area contributed by atoms with E-state index in [4.69, 9.17) is 5.73 Å². The third kappa shape index (κ3) is 4.33. The van der Waals surface area contributed by atoms with Crippen molar-refractivity contribution >= 4 is 27.2 Å². The molecule has 1 aromatic rings. The van der Waals surface area contributed by atoms with Crippen LogP contribution in [0.1, 0.15) is 12.8 Å². The quantitative estimate of drug-likeness (QED) is 0.586. The molecule has 0 aromatic carbocycles. The maximum Gasteiger partial charge on any atom is 0.261 e. The second-order valence-electron chi connectivity index (χ2n) is 3.26. The molecule has 0 atom stereocenters. The van der Waals surface area contributed by atoms with E-state index >= 15 is 0 Å². The van der Waals surface area contributed by atoms with Gasteiger partial charge in [-0.1, -0.05) is 12.2 Å². The highest BCUT2D eigenvalue weighted by atomic mass is 32.2. The summed E-state index contributed by atoms with van der Waals surface area (Å²) in [6, 6.07) is 2.36. The fourth-order valence-corrected chi connectivity index (χ4v) is 2.32. The van der Waals surface area contributed by atoms with Crippen LogP contribution in [0, 0.1) is 5.82 Å². The lowest BCUT2D eigenvalue weighted by Gasteiger charge is -2.06. The molecule has 1 heterocycles. The number of nitrogens with zero attached hydrogens (tertiary/aromatic N) is 1. The third-order valence-corrected chi connectivity index (χ3v) is 3.47. The van der Waals surface area contributed by atoms with Gasteiger partial charge >= 0.3 is 0 Å². The Morgan fingerprint density at radius 3 is 2.88 bits per heavy atom. The van der Waals surface area contributed by atoms with Gasteiger partial charge in [-0.05, 0) is 25.0 Å². The standard InChI is InChI=1S/C9H12FN3O2S2/c10-7-3-1-5-12-9(7)17(14,15)13-6-2-4-8(11)16/h1,3,5,13H,2,4,6H2,(H2,11,16). The molecule has 0 bridgehead atoms. The molecule has 17 heavy (non-hydrogen) atoms. The van der Waals surface area contributed by atoms with Crippen molar-refractivity contribution in [3.05, 3.63) is 24.1 Å². The van der Waals surface area contributed by atoms with Crippen molar-refractivity contribution in [1.29, 1.82) is 0 Å². The number of halogens is 1. The van der Waals surface area contributed by atoms with Crippen LogP contribution in [-0.4, -0.2) is 24.9 Å². The maximum atomic E-state index is 13.2. The molecule has 5 nitrogen and oxygen atoms in total. The van der Waals surface area contributed by atoms with Gasteiger partial charge in [-0.3, -0.25) is 0 Å². The number of thiocarbonyl (C=S) groups is 1. The molecule has 1 aromatic heterocycles. The van der Waals surface area contributed by atoms with Crippen molar-refractivity contribution in [2.45, 2.75) is 17.9 Å².